The lowest BCUT2D eigenvalue weighted by molar-refractivity contribution is -0.151. The topological polar surface area (TPSA) is 95.9 Å². The maximum Gasteiger partial charge on any atom is 0.306 e. The summed E-state index contributed by atoms with van der Waals surface area (Å²) in [5.74, 6) is -0.461. The molecule has 0 heterocycles. The van der Waals surface area contributed by atoms with Gasteiger partial charge >= 0.3 is 5.97 Å². The van der Waals surface area contributed by atoms with Crippen molar-refractivity contribution >= 4 is 11.9 Å². The standard InChI is InChI=1S/C60H115NO5/c1-4-7-10-13-16-19-22-25-27-29-31-34-36-39-42-45-48-51-56(66-60(65)53-50-47-44-41-38-35-32-30-28-26-23-20-17-14-11-8-5-2)54-59(64)61-57(55-62)58(63)52-49-46-43-40-37-33-24-21-18-15-12-9-6-3/h17,20,26,28,56-58,62-63H,4-16,18-19,21-25,27,29-55H2,1-3H3,(H,61,64)/b20-17-,28-26-. The molecule has 0 radical (unpaired) electrons. The number of esters is 1. The Labute approximate surface area is 411 Å². The molecule has 6 heteroatoms. The maximum atomic E-state index is 13.3. The fourth-order valence-electron chi connectivity index (χ4n) is 9.29. The minimum atomic E-state index is -0.785. The molecule has 0 aliphatic rings. The van der Waals surface area contributed by atoms with Crippen LogP contribution in [0, 0.1) is 0 Å². The van der Waals surface area contributed by atoms with Gasteiger partial charge in [-0.1, -0.05) is 276 Å². The number of hydrogen-bond acceptors (Lipinski definition) is 5. The molecule has 390 valence electrons. The van der Waals surface area contributed by atoms with Crippen LogP contribution in [0.15, 0.2) is 24.3 Å². The molecule has 6 nitrogen and oxygen atoms in total. The van der Waals surface area contributed by atoms with Gasteiger partial charge in [0.15, 0.2) is 0 Å². The van der Waals surface area contributed by atoms with Gasteiger partial charge < -0.3 is 20.3 Å². The van der Waals surface area contributed by atoms with Gasteiger partial charge in [0, 0.05) is 6.42 Å². The lowest BCUT2D eigenvalue weighted by Gasteiger charge is -2.24. The molecular formula is C60H115NO5. The summed E-state index contributed by atoms with van der Waals surface area (Å²) in [6, 6.07) is -0.699. The zero-order valence-electron chi connectivity index (χ0n) is 44.6. The van der Waals surface area contributed by atoms with Crippen LogP contribution >= 0.6 is 0 Å². The van der Waals surface area contributed by atoms with Gasteiger partial charge in [-0.3, -0.25) is 9.59 Å². The van der Waals surface area contributed by atoms with E-state index in [4.69, 9.17) is 4.74 Å². The quantitative estimate of drug-likeness (QED) is 0.0321. The summed E-state index contributed by atoms with van der Waals surface area (Å²) >= 11 is 0. The Morgan fingerprint density at radius 1 is 0.439 bits per heavy atom. The molecule has 0 rings (SSSR count). The van der Waals surface area contributed by atoms with Gasteiger partial charge in [-0.05, 0) is 57.8 Å². The van der Waals surface area contributed by atoms with Crippen LogP contribution in [-0.2, 0) is 14.3 Å². The normalized spacial score (nSPS) is 13.2. The molecule has 3 N–H and O–H groups in total. The van der Waals surface area contributed by atoms with Crippen molar-refractivity contribution in [1.82, 2.24) is 5.32 Å². The highest BCUT2D eigenvalue weighted by atomic mass is 16.5. The summed E-state index contributed by atoms with van der Waals surface area (Å²) in [5.41, 5.74) is 0. The number of amides is 1. The van der Waals surface area contributed by atoms with Crippen LogP contribution in [0.1, 0.15) is 323 Å². The SMILES string of the molecule is CCCCC/C=C\C/C=C\CCCCCCCCCC(=O)OC(CCCCCCCCCCCCCCCCCCC)CC(=O)NC(CO)C(O)CCCCCCCCCCCCCCC. The first-order valence-corrected chi connectivity index (χ1v) is 29.6. The van der Waals surface area contributed by atoms with Gasteiger partial charge in [0.05, 0.1) is 25.2 Å². The van der Waals surface area contributed by atoms with Gasteiger partial charge in [0.1, 0.15) is 6.10 Å². The number of nitrogens with one attached hydrogen (secondary N) is 1. The summed E-state index contributed by atoms with van der Waals surface area (Å²) in [6.45, 7) is 6.50. The fraction of sp³-hybridized carbons (Fsp3) is 0.900. The first kappa shape index (κ1) is 64.3. The van der Waals surface area contributed by atoms with E-state index in [1.54, 1.807) is 0 Å². The Kier molecular flexibility index (Phi) is 52.9. The molecule has 0 fully saturated rings. The highest BCUT2D eigenvalue weighted by Gasteiger charge is 2.24. The lowest BCUT2D eigenvalue weighted by atomic mass is 10.0. The predicted molar refractivity (Wildman–Crippen MR) is 287 cm³/mol. The number of ether oxygens (including phenoxy) is 1. The Morgan fingerprint density at radius 2 is 0.773 bits per heavy atom. The molecule has 0 aliphatic heterocycles. The average molecular weight is 931 g/mol. The van der Waals surface area contributed by atoms with E-state index in [2.05, 4.69) is 50.4 Å². The van der Waals surface area contributed by atoms with Crippen LogP contribution in [0.5, 0.6) is 0 Å². The summed E-state index contributed by atoms with van der Waals surface area (Å²) in [7, 11) is 0. The van der Waals surface area contributed by atoms with Gasteiger partial charge in [-0.15, -0.1) is 0 Å². The molecular weight excluding hydrogens is 815 g/mol. The summed E-state index contributed by atoms with van der Waals surface area (Å²) in [6.07, 6.45) is 63.8. The van der Waals surface area contributed by atoms with E-state index in [1.807, 2.05) is 0 Å². The monoisotopic (exact) mass is 930 g/mol. The van der Waals surface area contributed by atoms with Crippen molar-refractivity contribution in [1.29, 1.82) is 0 Å². The third-order valence-corrected chi connectivity index (χ3v) is 13.8. The Morgan fingerprint density at radius 3 is 1.18 bits per heavy atom. The van der Waals surface area contributed by atoms with Crippen LogP contribution in [0.25, 0.3) is 0 Å². The number of carbonyl (C=O) groups is 2. The number of rotatable bonds is 54. The second kappa shape index (κ2) is 54.3. The molecule has 3 atom stereocenters. The summed E-state index contributed by atoms with van der Waals surface area (Å²) < 4.78 is 5.97. The molecule has 0 aromatic heterocycles. The number of unbranched alkanes of at least 4 members (excludes halogenated alkanes) is 38. The van der Waals surface area contributed by atoms with Crippen molar-refractivity contribution in [3.63, 3.8) is 0 Å². The first-order chi connectivity index (χ1) is 32.5. The molecule has 0 saturated carbocycles. The van der Waals surface area contributed by atoms with Crippen LogP contribution in [-0.4, -0.2) is 46.9 Å². The van der Waals surface area contributed by atoms with Crippen molar-refractivity contribution in [3.05, 3.63) is 24.3 Å². The summed E-state index contributed by atoms with van der Waals surface area (Å²) in [4.78, 5) is 26.3. The molecule has 0 aromatic rings. The average Bonchev–Trinajstić information content (AvgIpc) is 3.31. The number of hydrogen-bond donors (Lipinski definition) is 3. The minimum Gasteiger partial charge on any atom is -0.462 e. The van der Waals surface area contributed by atoms with Crippen molar-refractivity contribution in [2.45, 2.75) is 341 Å². The minimum absolute atomic E-state index is 0.0808. The van der Waals surface area contributed by atoms with Crippen LogP contribution in [0.2, 0.25) is 0 Å². The Balaban J connectivity index is 4.53. The third-order valence-electron chi connectivity index (χ3n) is 13.8. The van der Waals surface area contributed by atoms with Crippen LogP contribution < -0.4 is 5.32 Å². The molecule has 3 unspecified atom stereocenters. The Bertz CT molecular complexity index is 1040. The predicted octanol–water partition coefficient (Wildman–Crippen LogP) is 18.2. The van der Waals surface area contributed by atoms with Crippen LogP contribution in [0.3, 0.4) is 0 Å². The zero-order valence-corrected chi connectivity index (χ0v) is 44.6. The molecule has 0 aromatic carbocycles. The van der Waals surface area contributed by atoms with Gasteiger partial charge in [-0.2, -0.15) is 0 Å². The van der Waals surface area contributed by atoms with E-state index >= 15 is 0 Å². The number of aliphatic hydroxyl groups is 2. The zero-order chi connectivity index (χ0) is 48.1. The number of allylic oxidation sites excluding steroid dienone is 4. The molecule has 0 aliphatic carbocycles. The maximum absolute atomic E-state index is 13.3. The van der Waals surface area contributed by atoms with Crippen LogP contribution in [0.4, 0.5) is 0 Å². The second-order valence-corrected chi connectivity index (χ2v) is 20.4. The first-order valence-electron chi connectivity index (χ1n) is 29.6. The molecule has 0 spiro atoms. The highest BCUT2D eigenvalue weighted by Crippen LogP contribution is 2.19. The summed E-state index contributed by atoms with van der Waals surface area (Å²) in [5, 5.41) is 23.9. The smallest absolute Gasteiger partial charge is 0.306 e. The molecule has 0 bridgehead atoms. The van der Waals surface area contributed by atoms with Crippen molar-refractivity contribution in [2.24, 2.45) is 0 Å². The van der Waals surface area contributed by atoms with E-state index in [1.165, 1.54) is 218 Å². The molecule has 1 amide bonds. The van der Waals surface area contributed by atoms with E-state index in [0.29, 0.717) is 19.3 Å². The Hall–Kier alpha value is -1.66. The number of carbonyl (C=O) groups excluding carboxylic acids is 2. The lowest BCUT2D eigenvalue weighted by Crippen LogP contribution is -2.46. The van der Waals surface area contributed by atoms with Gasteiger partial charge in [-0.25, -0.2) is 0 Å². The van der Waals surface area contributed by atoms with Crippen molar-refractivity contribution in [3.8, 4) is 0 Å². The number of aliphatic hydroxyl groups excluding tert-OH is 2. The van der Waals surface area contributed by atoms with E-state index in [9.17, 15) is 19.8 Å². The van der Waals surface area contributed by atoms with Crippen molar-refractivity contribution < 1.29 is 24.5 Å². The van der Waals surface area contributed by atoms with E-state index < -0.39 is 18.2 Å². The highest BCUT2D eigenvalue weighted by molar-refractivity contribution is 5.77. The third kappa shape index (κ3) is 48.8. The fourth-order valence-corrected chi connectivity index (χ4v) is 9.29. The molecule has 0 saturated heterocycles. The van der Waals surface area contributed by atoms with E-state index in [-0.39, 0.29) is 24.9 Å². The van der Waals surface area contributed by atoms with E-state index in [0.717, 1.165) is 57.8 Å². The van der Waals surface area contributed by atoms with Crippen molar-refractivity contribution in [2.75, 3.05) is 6.61 Å². The van der Waals surface area contributed by atoms with Gasteiger partial charge in [0.25, 0.3) is 0 Å². The second-order valence-electron chi connectivity index (χ2n) is 20.4. The van der Waals surface area contributed by atoms with Gasteiger partial charge in [0.2, 0.25) is 5.91 Å². The largest absolute Gasteiger partial charge is 0.462 e. The molecule has 66 heavy (non-hydrogen) atoms.